The van der Waals surface area contributed by atoms with Gasteiger partial charge in [-0.05, 0) is 12.8 Å². The topological polar surface area (TPSA) is 107 Å². The van der Waals surface area contributed by atoms with E-state index in [-0.39, 0.29) is 13.2 Å². The second-order valence-corrected chi connectivity index (χ2v) is 2.91. The van der Waals surface area contributed by atoms with Gasteiger partial charge in [-0.3, -0.25) is 19.7 Å². The molecule has 0 heterocycles. The van der Waals surface area contributed by atoms with E-state index in [0.29, 0.717) is 19.3 Å². The Labute approximate surface area is 86.2 Å². The van der Waals surface area contributed by atoms with Crippen molar-refractivity contribution in [3.05, 3.63) is 10.1 Å². The molecule has 0 rings (SSSR count). The summed E-state index contributed by atoms with van der Waals surface area (Å²) in [6, 6.07) is 0. The number of carbonyl (C=O) groups is 2. The second kappa shape index (κ2) is 7.72. The van der Waals surface area contributed by atoms with Gasteiger partial charge in [-0.1, -0.05) is 0 Å². The molecule has 0 saturated heterocycles. The molecule has 0 radical (unpaired) electrons. The van der Waals surface area contributed by atoms with Gasteiger partial charge in [0.25, 0.3) is 0 Å². The molecule has 0 amide bonds. The van der Waals surface area contributed by atoms with Gasteiger partial charge in [0.05, 0.1) is 6.61 Å². The predicted octanol–water partition coefficient (Wildman–Crippen LogP) is 0.451. The van der Waals surface area contributed by atoms with E-state index in [4.69, 9.17) is 5.11 Å². The fourth-order valence-corrected chi connectivity index (χ4v) is 0.880. The summed E-state index contributed by atoms with van der Waals surface area (Å²) in [4.78, 5) is 30.2. The number of ether oxygens (including phenoxy) is 1. The highest BCUT2D eigenvalue weighted by Gasteiger charge is 2.08. The largest absolute Gasteiger partial charge is 0.481 e. The average molecular weight is 219 g/mol. The van der Waals surface area contributed by atoms with Crippen LogP contribution in [-0.2, 0) is 14.3 Å². The van der Waals surface area contributed by atoms with Crippen LogP contribution in [0.3, 0.4) is 0 Å². The number of esters is 1. The smallest absolute Gasteiger partial charge is 0.317 e. The lowest BCUT2D eigenvalue weighted by Crippen LogP contribution is -2.11. The summed E-state index contributed by atoms with van der Waals surface area (Å²) in [7, 11) is 0. The summed E-state index contributed by atoms with van der Waals surface area (Å²) in [6.45, 7) is 0.0207. The third-order valence-corrected chi connectivity index (χ3v) is 1.54. The van der Waals surface area contributed by atoms with Gasteiger partial charge in [-0.15, -0.1) is 0 Å². The SMILES string of the molecule is O=C(O)CC(=O)OCCCCC[N+](=O)[O-]. The molecular formula is C8H13NO6. The summed E-state index contributed by atoms with van der Waals surface area (Å²) in [5.41, 5.74) is 0. The van der Waals surface area contributed by atoms with Crippen molar-refractivity contribution >= 4 is 11.9 Å². The number of hydrogen-bond acceptors (Lipinski definition) is 5. The maximum Gasteiger partial charge on any atom is 0.317 e. The molecule has 7 nitrogen and oxygen atoms in total. The maximum absolute atomic E-state index is 10.7. The van der Waals surface area contributed by atoms with Gasteiger partial charge in [0.2, 0.25) is 6.54 Å². The number of nitro groups is 1. The first-order valence-electron chi connectivity index (χ1n) is 4.51. The first-order valence-corrected chi connectivity index (χ1v) is 4.51. The zero-order valence-corrected chi connectivity index (χ0v) is 8.18. The standard InChI is InChI=1S/C8H13NO6/c10-7(11)6-8(12)15-5-3-1-2-4-9(13)14/h1-6H2,(H,10,11). The van der Waals surface area contributed by atoms with Crippen LogP contribution in [0.4, 0.5) is 0 Å². The lowest BCUT2D eigenvalue weighted by atomic mass is 10.2. The van der Waals surface area contributed by atoms with E-state index in [1.54, 1.807) is 0 Å². The van der Waals surface area contributed by atoms with Gasteiger partial charge in [0.1, 0.15) is 6.42 Å². The Morgan fingerprint density at radius 3 is 2.47 bits per heavy atom. The summed E-state index contributed by atoms with van der Waals surface area (Å²) < 4.78 is 4.57. The van der Waals surface area contributed by atoms with Crippen LogP contribution in [-0.4, -0.2) is 35.1 Å². The zero-order valence-electron chi connectivity index (χ0n) is 8.18. The maximum atomic E-state index is 10.7. The van der Waals surface area contributed by atoms with Crippen molar-refractivity contribution in [3.8, 4) is 0 Å². The number of rotatable bonds is 8. The van der Waals surface area contributed by atoms with Crippen LogP contribution < -0.4 is 0 Å². The van der Waals surface area contributed by atoms with Gasteiger partial charge >= 0.3 is 11.9 Å². The van der Waals surface area contributed by atoms with Crippen LogP contribution in [0.25, 0.3) is 0 Å². The Morgan fingerprint density at radius 2 is 1.93 bits per heavy atom. The van der Waals surface area contributed by atoms with Crippen molar-refractivity contribution in [3.63, 3.8) is 0 Å². The molecule has 7 heteroatoms. The van der Waals surface area contributed by atoms with Crippen molar-refractivity contribution in [2.75, 3.05) is 13.2 Å². The van der Waals surface area contributed by atoms with Crippen LogP contribution in [0.1, 0.15) is 25.7 Å². The third kappa shape index (κ3) is 10.3. The van der Waals surface area contributed by atoms with Gasteiger partial charge in [0.15, 0.2) is 0 Å². The van der Waals surface area contributed by atoms with Crippen LogP contribution in [0, 0.1) is 10.1 Å². The molecule has 0 saturated carbocycles. The number of carbonyl (C=O) groups excluding carboxylic acids is 1. The average Bonchev–Trinajstić information content (AvgIpc) is 2.09. The summed E-state index contributed by atoms with van der Waals surface area (Å²) in [5.74, 6) is -2.01. The molecule has 0 spiro atoms. The van der Waals surface area contributed by atoms with Crippen LogP contribution >= 0.6 is 0 Å². The Kier molecular flexibility index (Phi) is 6.86. The molecule has 0 aromatic carbocycles. The Balaban J connectivity index is 3.27. The molecule has 0 atom stereocenters. The molecule has 0 aliphatic rings. The lowest BCUT2D eigenvalue weighted by Gasteiger charge is -2.01. The van der Waals surface area contributed by atoms with Crippen LogP contribution in [0.15, 0.2) is 0 Å². The highest BCUT2D eigenvalue weighted by atomic mass is 16.6. The van der Waals surface area contributed by atoms with Crippen molar-refractivity contribution in [2.45, 2.75) is 25.7 Å². The van der Waals surface area contributed by atoms with E-state index < -0.39 is 23.3 Å². The summed E-state index contributed by atoms with van der Waals surface area (Å²) in [5, 5.41) is 18.1. The van der Waals surface area contributed by atoms with Crippen LogP contribution in [0.2, 0.25) is 0 Å². The Hall–Kier alpha value is -1.66. The van der Waals surface area contributed by atoms with Crippen molar-refractivity contribution in [1.29, 1.82) is 0 Å². The fourth-order valence-electron chi connectivity index (χ4n) is 0.880. The van der Waals surface area contributed by atoms with Gasteiger partial charge in [-0.25, -0.2) is 0 Å². The molecule has 0 aliphatic carbocycles. The minimum absolute atomic E-state index is 0.0942. The lowest BCUT2D eigenvalue weighted by molar-refractivity contribution is -0.480. The van der Waals surface area contributed by atoms with Gasteiger partial charge < -0.3 is 9.84 Å². The summed E-state index contributed by atoms with van der Waals surface area (Å²) in [6.07, 6.45) is 0.888. The monoisotopic (exact) mass is 219 g/mol. The molecule has 0 bridgehead atoms. The highest BCUT2D eigenvalue weighted by molar-refractivity contribution is 5.90. The number of aliphatic carboxylic acids is 1. The zero-order chi connectivity index (χ0) is 11.7. The number of carboxylic acids is 1. The molecule has 0 unspecified atom stereocenters. The van der Waals surface area contributed by atoms with Gasteiger partial charge in [0, 0.05) is 11.3 Å². The number of carboxylic acid groups (broad SMARTS) is 1. The van der Waals surface area contributed by atoms with E-state index in [9.17, 15) is 19.7 Å². The second-order valence-electron chi connectivity index (χ2n) is 2.91. The quantitative estimate of drug-likeness (QED) is 0.209. The minimum Gasteiger partial charge on any atom is -0.481 e. The highest BCUT2D eigenvalue weighted by Crippen LogP contribution is 1.97. The van der Waals surface area contributed by atoms with Crippen molar-refractivity contribution in [1.82, 2.24) is 0 Å². The van der Waals surface area contributed by atoms with E-state index >= 15 is 0 Å². The summed E-state index contributed by atoms with van der Waals surface area (Å²) >= 11 is 0. The van der Waals surface area contributed by atoms with Crippen LogP contribution in [0.5, 0.6) is 0 Å². The first-order chi connectivity index (χ1) is 7.02. The Bertz CT molecular complexity index is 239. The predicted molar refractivity (Wildman–Crippen MR) is 48.9 cm³/mol. The molecule has 15 heavy (non-hydrogen) atoms. The van der Waals surface area contributed by atoms with Gasteiger partial charge in [-0.2, -0.15) is 0 Å². The van der Waals surface area contributed by atoms with E-state index in [1.165, 1.54) is 0 Å². The first kappa shape index (κ1) is 13.3. The van der Waals surface area contributed by atoms with E-state index in [2.05, 4.69) is 4.74 Å². The number of hydrogen-bond donors (Lipinski definition) is 1. The normalized spacial score (nSPS) is 9.60. The van der Waals surface area contributed by atoms with Crippen molar-refractivity contribution in [2.24, 2.45) is 0 Å². The number of nitrogens with zero attached hydrogens (tertiary/aromatic N) is 1. The molecule has 0 aromatic heterocycles. The molecule has 0 fully saturated rings. The van der Waals surface area contributed by atoms with Crippen molar-refractivity contribution < 1.29 is 24.4 Å². The third-order valence-electron chi connectivity index (χ3n) is 1.54. The molecule has 86 valence electrons. The Morgan fingerprint density at radius 1 is 1.27 bits per heavy atom. The fraction of sp³-hybridized carbons (Fsp3) is 0.750. The molecule has 0 aromatic rings. The molecule has 1 N–H and O–H groups in total. The van der Waals surface area contributed by atoms with E-state index in [1.807, 2.05) is 0 Å². The number of unbranched alkanes of at least 4 members (excludes halogenated alkanes) is 2. The molecule has 0 aliphatic heterocycles. The van der Waals surface area contributed by atoms with E-state index in [0.717, 1.165) is 0 Å². The minimum atomic E-state index is -1.23. The molecular weight excluding hydrogens is 206 g/mol.